The molecule has 0 aromatic carbocycles. The largest absolute Gasteiger partial charge is 0.406 e. The van der Waals surface area contributed by atoms with Crippen molar-refractivity contribution in [3.63, 3.8) is 0 Å². The van der Waals surface area contributed by atoms with Crippen molar-refractivity contribution in [3.8, 4) is 0 Å². The van der Waals surface area contributed by atoms with Gasteiger partial charge in [0.2, 0.25) is 5.91 Å². The number of nitrogens with one attached hydrogen (secondary N) is 1. The minimum atomic E-state index is -4.32. The third-order valence-electron chi connectivity index (χ3n) is 1.43. The average Bonchev–Trinajstić information content (AvgIpc) is 1.96. The van der Waals surface area contributed by atoms with E-state index in [9.17, 15) is 18.0 Å². The summed E-state index contributed by atoms with van der Waals surface area (Å²) >= 11 is 0. The molecule has 78 valence electrons. The van der Waals surface area contributed by atoms with Crippen molar-refractivity contribution >= 4 is 5.91 Å². The van der Waals surface area contributed by atoms with Crippen LogP contribution in [-0.2, 0) is 4.79 Å². The highest BCUT2D eigenvalue weighted by molar-refractivity contribution is 5.76. The highest BCUT2D eigenvalue weighted by Crippen LogP contribution is 2.15. The number of carbonyl (C=O) groups excluding carboxylic acids is 1. The molecule has 0 aliphatic heterocycles. The van der Waals surface area contributed by atoms with E-state index >= 15 is 0 Å². The molecule has 1 amide bonds. The highest BCUT2D eigenvalue weighted by atomic mass is 19.4. The van der Waals surface area contributed by atoms with Crippen LogP contribution in [0.3, 0.4) is 0 Å². The number of amides is 1. The van der Waals surface area contributed by atoms with Gasteiger partial charge in [-0.25, -0.2) is 0 Å². The van der Waals surface area contributed by atoms with Gasteiger partial charge in [-0.2, -0.15) is 13.2 Å². The summed E-state index contributed by atoms with van der Waals surface area (Å²) < 4.78 is 35.3. The Labute approximate surface area is 74.9 Å². The van der Waals surface area contributed by atoms with Gasteiger partial charge in [-0.1, -0.05) is 0 Å². The second-order valence-electron chi connectivity index (χ2n) is 2.72. The normalized spacial score (nSPS) is 11.5. The lowest BCUT2D eigenvalue weighted by atomic mass is 10.3. The molecule has 0 rings (SSSR count). The van der Waals surface area contributed by atoms with Crippen LogP contribution >= 0.6 is 0 Å². The maximum absolute atomic E-state index is 11.8. The number of hydrogen-bond acceptors (Lipinski definition) is 2. The minimum Gasteiger partial charge on any atom is -0.337 e. The Morgan fingerprint density at radius 1 is 1.46 bits per heavy atom. The molecule has 0 spiro atoms. The van der Waals surface area contributed by atoms with Crippen LogP contribution in [0.5, 0.6) is 0 Å². The summed E-state index contributed by atoms with van der Waals surface area (Å²) in [4.78, 5) is 11.6. The number of halogens is 3. The minimum absolute atomic E-state index is 0.0864. The Kier molecular flexibility index (Phi) is 4.76. The fourth-order valence-electron chi connectivity index (χ4n) is 0.780. The number of rotatable bonds is 4. The smallest absolute Gasteiger partial charge is 0.337 e. The van der Waals surface area contributed by atoms with E-state index in [0.29, 0.717) is 11.4 Å². The third kappa shape index (κ3) is 6.39. The summed E-state index contributed by atoms with van der Waals surface area (Å²) in [6.07, 6.45) is -4.23. The molecule has 0 bridgehead atoms. The Morgan fingerprint density at radius 3 is 2.38 bits per heavy atom. The van der Waals surface area contributed by atoms with Crippen LogP contribution in [0.25, 0.3) is 0 Å². The van der Waals surface area contributed by atoms with E-state index in [1.165, 1.54) is 0 Å². The zero-order valence-electron chi connectivity index (χ0n) is 7.61. The second kappa shape index (κ2) is 5.06. The quantitative estimate of drug-likeness (QED) is 0.718. The van der Waals surface area contributed by atoms with E-state index in [4.69, 9.17) is 0 Å². The van der Waals surface area contributed by atoms with E-state index in [1.807, 2.05) is 0 Å². The molecule has 6 heteroatoms. The fraction of sp³-hybridized carbons (Fsp3) is 0.857. The van der Waals surface area contributed by atoms with Crippen molar-refractivity contribution in [1.82, 2.24) is 10.2 Å². The molecular formula is C7H13F3N2O. The average molecular weight is 198 g/mol. The molecule has 0 saturated carbocycles. The number of hydrogen-bond donors (Lipinski definition) is 1. The molecule has 0 radical (unpaired) electrons. The van der Waals surface area contributed by atoms with Gasteiger partial charge in [0.05, 0.1) is 0 Å². The first-order chi connectivity index (χ1) is 5.87. The molecule has 0 fully saturated rings. The molecule has 0 aromatic rings. The number of nitrogens with zero attached hydrogens (tertiary/aromatic N) is 1. The predicted octanol–water partition coefficient (Wildman–Crippen LogP) is 0.617. The number of alkyl halides is 3. The third-order valence-corrected chi connectivity index (χ3v) is 1.43. The fourth-order valence-corrected chi connectivity index (χ4v) is 0.780. The summed E-state index contributed by atoms with van der Waals surface area (Å²) in [5.74, 6) is -0.508. The monoisotopic (exact) mass is 198 g/mol. The van der Waals surface area contributed by atoms with E-state index in [-0.39, 0.29) is 6.42 Å². The molecule has 0 aromatic heterocycles. The molecule has 3 nitrogen and oxygen atoms in total. The molecule has 13 heavy (non-hydrogen) atoms. The van der Waals surface area contributed by atoms with Gasteiger partial charge < -0.3 is 10.2 Å². The van der Waals surface area contributed by atoms with Gasteiger partial charge in [0.25, 0.3) is 0 Å². The van der Waals surface area contributed by atoms with Gasteiger partial charge in [0.1, 0.15) is 6.54 Å². The van der Waals surface area contributed by atoms with Crippen molar-refractivity contribution in [1.29, 1.82) is 0 Å². The maximum Gasteiger partial charge on any atom is 0.406 e. The van der Waals surface area contributed by atoms with E-state index in [2.05, 4.69) is 5.32 Å². The van der Waals surface area contributed by atoms with Crippen LogP contribution in [0.15, 0.2) is 0 Å². The van der Waals surface area contributed by atoms with Gasteiger partial charge in [-0.05, 0) is 7.05 Å². The topological polar surface area (TPSA) is 32.3 Å². The van der Waals surface area contributed by atoms with Gasteiger partial charge in [0.15, 0.2) is 0 Å². The van der Waals surface area contributed by atoms with Gasteiger partial charge in [0, 0.05) is 20.0 Å². The van der Waals surface area contributed by atoms with Crippen LogP contribution in [0.1, 0.15) is 6.42 Å². The first-order valence-corrected chi connectivity index (χ1v) is 3.82. The summed E-state index contributed by atoms with van der Waals surface area (Å²) in [6, 6.07) is 0. The van der Waals surface area contributed by atoms with Crippen LogP contribution in [0, 0.1) is 0 Å². The maximum atomic E-state index is 11.8. The molecule has 0 aliphatic carbocycles. The summed E-state index contributed by atoms with van der Waals surface area (Å²) in [7, 11) is 2.78. The Bertz CT molecular complexity index is 170. The molecule has 0 aliphatic rings. The van der Waals surface area contributed by atoms with Crippen molar-refractivity contribution < 1.29 is 18.0 Å². The summed E-state index contributed by atoms with van der Waals surface area (Å²) in [6.45, 7) is -0.795. The van der Waals surface area contributed by atoms with E-state index in [1.54, 1.807) is 7.05 Å². The van der Waals surface area contributed by atoms with Crippen molar-refractivity contribution in [2.45, 2.75) is 12.6 Å². The first kappa shape index (κ1) is 12.2. The molecule has 0 saturated heterocycles. The molecular weight excluding hydrogens is 185 g/mol. The molecule has 0 atom stereocenters. The molecule has 1 N–H and O–H groups in total. The summed E-state index contributed by atoms with van der Waals surface area (Å²) in [5, 5.41) is 2.69. The lowest BCUT2D eigenvalue weighted by Gasteiger charge is -2.18. The lowest BCUT2D eigenvalue weighted by Crippen LogP contribution is -2.36. The SMILES string of the molecule is CNCCC(=O)N(C)CC(F)(F)F. The lowest BCUT2D eigenvalue weighted by molar-refractivity contribution is -0.158. The first-order valence-electron chi connectivity index (χ1n) is 3.82. The summed E-state index contributed by atoms with van der Waals surface area (Å²) in [5.41, 5.74) is 0. The number of carbonyl (C=O) groups is 1. The molecule has 0 unspecified atom stereocenters. The van der Waals surface area contributed by atoms with E-state index in [0.717, 1.165) is 7.05 Å². The van der Waals surface area contributed by atoms with Crippen LogP contribution < -0.4 is 5.32 Å². The molecule has 0 heterocycles. The van der Waals surface area contributed by atoms with Gasteiger partial charge in [-0.15, -0.1) is 0 Å². The zero-order valence-corrected chi connectivity index (χ0v) is 7.61. The van der Waals surface area contributed by atoms with E-state index < -0.39 is 18.6 Å². The second-order valence-corrected chi connectivity index (χ2v) is 2.72. The van der Waals surface area contributed by atoms with Gasteiger partial charge in [-0.3, -0.25) is 4.79 Å². The van der Waals surface area contributed by atoms with Crippen molar-refractivity contribution in [2.75, 3.05) is 27.2 Å². The Morgan fingerprint density at radius 2 is 2.00 bits per heavy atom. The highest BCUT2D eigenvalue weighted by Gasteiger charge is 2.30. The van der Waals surface area contributed by atoms with Gasteiger partial charge >= 0.3 is 6.18 Å². The Hall–Kier alpha value is -0.780. The van der Waals surface area contributed by atoms with Crippen LogP contribution in [0.4, 0.5) is 13.2 Å². The Balaban J connectivity index is 3.83. The standard InChI is InChI=1S/C7H13F3N2O/c1-11-4-3-6(13)12(2)5-7(8,9)10/h11H,3-5H2,1-2H3. The van der Waals surface area contributed by atoms with Crippen molar-refractivity contribution in [3.05, 3.63) is 0 Å². The zero-order chi connectivity index (χ0) is 10.5. The van der Waals surface area contributed by atoms with Crippen molar-refractivity contribution in [2.24, 2.45) is 0 Å². The van der Waals surface area contributed by atoms with Crippen LogP contribution in [0.2, 0.25) is 0 Å². The predicted molar refractivity (Wildman–Crippen MR) is 42.2 cm³/mol. The van der Waals surface area contributed by atoms with Crippen LogP contribution in [-0.4, -0.2) is 44.2 Å².